The first-order valence-corrected chi connectivity index (χ1v) is 4.63. The third-order valence-corrected chi connectivity index (χ3v) is 2.59. The van der Waals surface area contributed by atoms with E-state index in [1.54, 1.807) is 0 Å². The fraction of sp³-hybridized carbons (Fsp3) is 0.300. The Morgan fingerprint density at radius 2 is 2.23 bits per heavy atom. The van der Waals surface area contributed by atoms with Crippen LogP contribution in [-0.2, 0) is 0 Å². The summed E-state index contributed by atoms with van der Waals surface area (Å²) in [5.74, 6) is 0. The second-order valence-electron chi connectivity index (χ2n) is 3.25. The van der Waals surface area contributed by atoms with E-state index in [2.05, 4.69) is 4.99 Å². The summed E-state index contributed by atoms with van der Waals surface area (Å²) in [6.07, 6.45) is 2.02. The lowest BCUT2D eigenvalue weighted by atomic mass is 10.2. The van der Waals surface area contributed by atoms with Crippen LogP contribution in [0.2, 0.25) is 0 Å². The summed E-state index contributed by atoms with van der Waals surface area (Å²) in [5, 5.41) is 2.15. The van der Waals surface area contributed by atoms with Gasteiger partial charge in [0.25, 0.3) is 0 Å². The van der Waals surface area contributed by atoms with E-state index in [4.69, 9.17) is 11.6 Å². The zero-order chi connectivity index (χ0) is 9.42. The summed E-state index contributed by atoms with van der Waals surface area (Å²) in [6.45, 7) is 2.05. The Morgan fingerprint density at radius 3 is 3.00 bits per heavy atom. The van der Waals surface area contributed by atoms with Crippen molar-refractivity contribution in [1.82, 2.24) is 4.90 Å². The molecule has 0 bridgehead atoms. The molecule has 1 aromatic rings. The van der Waals surface area contributed by atoms with Gasteiger partial charge >= 0.3 is 0 Å². The molecular formula is C10H11ClN2. The van der Waals surface area contributed by atoms with Crippen LogP contribution in [0.25, 0.3) is 6.20 Å². The van der Waals surface area contributed by atoms with Gasteiger partial charge in [-0.05, 0) is 12.5 Å². The van der Waals surface area contributed by atoms with Gasteiger partial charge in [0.1, 0.15) is 0 Å². The number of para-hydroxylation sites is 1. The van der Waals surface area contributed by atoms with Crippen LogP contribution in [0.15, 0.2) is 23.2 Å². The van der Waals surface area contributed by atoms with Crippen LogP contribution in [0.3, 0.4) is 0 Å². The predicted molar refractivity (Wildman–Crippen MR) is 53.8 cm³/mol. The lowest BCUT2D eigenvalue weighted by molar-refractivity contribution is 0.453. The maximum Gasteiger partial charge on any atom is 0.197 e. The maximum atomic E-state index is 5.99. The molecule has 13 heavy (non-hydrogen) atoms. The Morgan fingerprint density at radius 1 is 1.46 bits per heavy atom. The van der Waals surface area contributed by atoms with Crippen molar-refractivity contribution >= 4 is 17.8 Å². The highest BCUT2D eigenvalue weighted by molar-refractivity contribution is 6.20. The zero-order valence-corrected chi connectivity index (χ0v) is 8.42. The largest absolute Gasteiger partial charge is 0.346 e. The lowest BCUT2D eigenvalue weighted by Gasteiger charge is -2.20. The van der Waals surface area contributed by atoms with E-state index in [0.29, 0.717) is 0 Å². The normalized spacial score (nSPS) is 20.2. The first kappa shape index (κ1) is 8.57. The number of fused-ring (bicyclic) bond motifs is 1. The van der Waals surface area contributed by atoms with E-state index in [9.17, 15) is 0 Å². The third kappa shape index (κ3) is 1.42. The number of nitrogens with zero attached hydrogens (tertiary/aromatic N) is 2. The quantitative estimate of drug-likeness (QED) is 0.441. The van der Waals surface area contributed by atoms with Crippen molar-refractivity contribution in [2.75, 3.05) is 7.05 Å². The Hall–Kier alpha value is -1.02. The van der Waals surface area contributed by atoms with Crippen molar-refractivity contribution < 1.29 is 0 Å². The molecule has 0 radical (unpaired) electrons. The van der Waals surface area contributed by atoms with Gasteiger partial charge in [-0.2, -0.15) is 0 Å². The summed E-state index contributed by atoms with van der Waals surface area (Å²) in [4.78, 5) is 6.28. The molecule has 1 unspecified atom stereocenters. The number of alkyl halides is 1. The number of hydrogen-bond acceptors (Lipinski definition) is 2. The highest BCUT2D eigenvalue weighted by atomic mass is 35.5. The average Bonchev–Trinajstić information content (AvgIpc) is 2.09. The maximum absolute atomic E-state index is 5.99. The fourth-order valence-electron chi connectivity index (χ4n) is 1.44. The van der Waals surface area contributed by atoms with Crippen LogP contribution in [-0.4, -0.2) is 17.6 Å². The van der Waals surface area contributed by atoms with Crippen LogP contribution < -0.4 is 10.6 Å². The van der Waals surface area contributed by atoms with Gasteiger partial charge in [0.2, 0.25) is 0 Å². The first-order chi connectivity index (χ1) is 6.18. The Balaban J connectivity index is 2.77. The van der Waals surface area contributed by atoms with Crippen LogP contribution in [0.1, 0.15) is 5.56 Å². The molecule has 1 aliphatic heterocycles. The third-order valence-electron chi connectivity index (χ3n) is 2.18. The minimum absolute atomic E-state index is 0.270. The first-order valence-electron chi connectivity index (χ1n) is 4.20. The van der Waals surface area contributed by atoms with Crippen LogP contribution in [0.5, 0.6) is 0 Å². The van der Waals surface area contributed by atoms with Crippen LogP contribution >= 0.6 is 11.6 Å². The number of aryl methyl sites for hydroxylation is 1. The minimum Gasteiger partial charge on any atom is -0.346 e. The molecule has 0 spiro atoms. The van der Waals surface area contributed by atoms with Crippen molar-refractivity contribution in [2.45, 2.75) is 12.5 Å². The Kier molecular flexibility index (Phi) is 2.00. The smallest absolute Gasteiger partial charge is 0.197 e. The second kappa shape index (κ2) is 3.04. The molecule has 0 aliphatic carbocycles. The second-order valence-corrected chi connectivity index (χ2v) is 3.64. The van der Waals surface area contributed by atoms with Crippen molar-refractivity contribution in [2.24, 2.45) is 4.99 Å². The van der Waals surface area contributed by atoms with Gasteiger partial charge in [-0.3, -0.25) is 0 Å². The van der Waals surface area contributed by atoms with Gasteiger partial charge < -0.3 is 4.90 Å². The number of halogens is 1. The predicted octanol–water partition coefficient (Wildman–Crippen LogP) is 0.820. The van der Waals surface area contributed by atoms with Gasteiger partial charge in [0.15, 0.2) is 5.62 Å². The van der Waals surface area contributed by atoms with Crippen LogP contribution in [0.4, 0.5) is 0 Å². The Bertz CT molecular complexity index is 439. The highest BCUT2D eigenvalue weighted by Gasteiger charge is 2.09. The average molecular weight is 195 g/mol. The summed E-state index contributed by atoms with van der Waals surface area (Å²) < 4.78 is 0. The highest BCUT2D eigenvalue weighted by Crippen LogP contribution is 2.05. The molecule has 2 nitrogen and oxygen atoms in total. The minimum atomic E-state index is -0.270. The molecule has 1 aromatic carbocycles. The number of benzene rings is 1. The molecule has 1 aliphatic rings. The van der Waals surface area contributed by atoms with Gasteiger partial charge in [0, 0.05) is 18.5 Å². The molecule has 2 rings (SSSR count). The van der Waals surface area contributed by atoms with E-state index in [1.807, 2.05) is 43.3 Å². The summed E-state index contributed by atoms with van der Waals surface area (Å²) in [6, 6.07) is 6.12. The summed E-state index contributed by atoms with van der Waals surface area (Å²) >= 11 is 5.99. The van der Waals surface area contributed by atoms with Crippen molar-refractivity contribution in [1.29, 1.82) is 0 Å². The molecule has 0 fully saturated rings. The van der Waals surface area contributed by atoms with Crippen LogP contribution in [0, 0.1) is 6.92 Å². The number of hydrogen-bond donors (Lipinski definition) is 0. The molecule has 0 amide bonds. The van der Waals surface area contributed by atoms with Crippen molar-refractivity contribution in [3.8, 4) is 0 Å². The lowest BCUT2D eigenvalue weighted by Crippen LogP contribution is -2.39. The standard InChI is InChI=1S/C10H11ClN2/c1-7-4-3-5-8-6-13(2)10(11)12-9(7)8/h3-6,10H,1-2H3. The molecule has 1 atom stereocenters. The van der Waals surface area contributed by atoms with Crippen molar-refractivity contribution in [3.63, 3.8) is 0 Å². The van der Waals surface area contributed by atoms with E-state index < -0.39 is 0 Å². The molecule has 0 N–H and O–H groups in total. The summed E-state index contributed by atoms with van der Waals surface area (Å²) in [5.41, 5.74) is 0.904. The van der Waals surface area contributed by atoms with E-state index in [1.165, 1.54) is 5.56 Å². The van der Waals surface area contributed by atoms with E-state index >= 15 is 0 Å². The van der Waals surface area contributed by atoms with Gasteiger partial charge in [-0.1, -0.05) is 29.8 Å². The van der Waals surface area contributed by atoms with Gasteiger partial charge in [0.05, 0.1) is 5.36 Å². The molecule has 68 valence electrons. The molecule has 0 aromatic heterocycles. The summed E-state index contributed by atoms with van der Waals surface area (Å²) in [7, 11) is 1.92. The molecule has 0 saturated heterocycles. The molecular weight excluding hydrogens is 184 g/mol. The number of rotatable bonds is 0. The van der Waals surface area contributed by atoms with E-state index in [-0.39, 0.29) is 5.62 Å². The monoisotopic (exact) mass is 194 g/mol. The van der Waals surface area contributed by atoms with Gasteiger partial charge in [-0.15, -0.1) is 0 Å². The Labute approximate surface area is 82.2 Å². The SMILES string of the molecule is Cc1cccc2c1=NC(Cl)N(C)C=2. The molecule has 3 heteroatoms. The van der Waals surface area contributed by atoms with Gasteiger partial charge in [-0.25, -0.2) is 4.99 Å². The molecule has 1 heterocycles. The fourth-order valence-corrected chi connectivity index (χ4v) is 1.59. The van der Waals surface area contributed by atoms with E-state index in [0.717, 1.165) is 10.6 Å². The molecule has 0 saturated carbocycles. The zero-order valence-electron chi connectivity index (χ0n) is 7.66. The topological polar surface area (TPSA) is 15.6 Å². The van der Waals surface area contributed by atoms with Crippen molar-refractivity contribution in [3.05, 3.63) is 34.3 Å².